The van der Waals surface area contributed by atoms with Crippen molar-refractivity contribution in [2.24, 2.45) is 11.8 Å². The van der Waals surface area contributed by atoms with E-state index in [2.05, 4.69) is 12.6 Å². The zero-order valence-electron chi connectivity index (χ0n) is 20.8. The van der Waals surface area contributed by atoms with Crippen molar-refractivity contribution in [3.63, 3.8) is 0 Å². The molecule has 2 aromatic rings. The minimum atomic E-state index is -0.581. The van der Waals surface area contributed by atoms with Crippen LogP contribution in [0.15, 0.2) is 48.5 Å². The SMILES string of the molecule is O=C(OCc1ccc([N+](=O)[O-])cc1)N1CC(CO)C([C@@H]2C[C@H](S)CN2C(=O)OCc2ccc([N+](=O)[O-])cc2)C1. The number of non-ortho nitro benzene ring substituents is 2. The van der Waals surface area contributed by atoms with Gasteiger partial charge in [-0.15, -0.1) is 0 Å². The van der Waals surface area contributed by atoms with Gasteiger partial charge in [0.25, 0.3) is 11.4 Å². The molecule has 4 rings (SSSR count). The van der Waals surface area contributed by atoms with Gasteiger partial charge >= 0.3 is 12.2 Å². The van der Waals surface area contributed by atoms with Crippen LogP contribution in [-0.2, 0) is 22.7 Å². The van der Waals surface area contributed by atoms with E-state index < -0.39 is 22.0 Å². The molecule has 14 heteroatoms. The van der Waals surface area contributed by atoms with E-state index in [9.17, 15) is 34.9 Å². The van der Waals surface area contributed by atoms with Crippen LogP contribution < -0.4 is 0 Å². The Balaban J connectivity index is 1.35. The molecule has 39 heavy (non-hydrogen) atoms. The average molecular weight is 561 g/mol. The first-order chi connectivity index (χ1) is 18.7. The first kappa shape index (κ1) is 28.1. The van der Waals surface area contributed by atoms with Gasteiger partial charge in [0, 0.05) is 73.6 Å². The summed E-state index contributed by atoms with van der Waals surface area (Å²) in [6, 6.07) is 11.1. The van der Waals surface area contributed by atoms with E-state index in [1.807, 2.05) is 0 Å². The van der Waals surface area contributed by atoms with Crippen molar-refractivity contribution in [2.45, 2.75) is 30.9 Å². The minimum Gasteiger partial charge on any atom is -0.445 e. The number of likely N-dealkylation sites (tertiary alicyclic amines) is 2. The van der Waals surface area contributed by atoms with Crippen molar-refractivity contribution in [1.82, 2.24) is 9.80 Å². The second-order valence-corrected chi connectivity index (χ2v) is 10.3. The Morgan fingerprint density at radius 3 is 1.87 bits per heavy atom. The van der Waals surface area contributed by atoms with E-state index in [0.29, 0.717) is 24.1 Å². The van der Waals surface area contributed by atoms with Crippen molar-refractivity contribution < 1.29 is 34.0 Å². The van der Waals surface area contributed by atoms with Gasteiger partial charge in [0.15, 0.2) is 0 Å². The molecule has 13 nitrogen and oxygen atoms in total. The highest BCUT2D eigenvalue weighted by Crippen LogP contribution is 2.36. The predicted octanol–water partition coefficient (Wildman–Crippen LogP) is 3.39. The predicted molar refractivity (Wildman–Crippen MR) is 140 cm³/mol. The molecule has 0 aromatic heterocycles. The molecule has 2 saturated heterocycles. The van der Waals surface area contributed by atoms with Gasteiger partial charge in [-0.2, -0.15) is 12.6 Å². The molecule has 2 aliphatic heterocycles. The van der Waals surface area contributed by atoms with E-state index in [4.69, 9.17) is 9.47 Å². The van der Waals surface area contributed by atoms with Crippen LogP contribution in [-0.4, -0.2) is 74.5 Å². The lowest BCUT2D eigenvalue weighted by atomic mass is 9.88. The van der Waals surface area contributed by atoms with Crippen LogP contribution in [0.2, 0.25) is 0 Å². The summed E-state index contributed by atoms with van der Waals surface area (Å²) >= 11 is 4.56. The van der Waals surface area contributed by atoms with E-state index in [1.54, 1.807) is 4.90 Å². The summed E-state index contributed by atoms with van der Waals surface area (Å²) in [6.45, 7) is 0.543. The van der Waals surface area contributed by atoms with Crippen molar-refractivity contribution in [2.75, 3.05) is 26.2 Å². The lowest BCUT2D eigenvalue weighted by molar-refractivity contribution is -0.385. The van der Waals surface area contributed by atoms with Gasteiger partial charge in [-0.25, -0.2) is 9.59 Å². The highest BCUT2D eigenvalue weighted by molar-refractivity contribution is 7.81. The van der Waals surface area contributed by atoms with Gasteiger partial charge in [-0.05, 0) is 41.8 Å². The summed E-state index contributed by atoms with van der Waals surface area (Å²) in [6.07, 6.45) is -0.587. The van der Waals surface area contributed by atoms with Crippen LogP contribution in [0.25, 0.3) is 0 Å². The van der Waals surface area contributed by atoms with Crippen molar-refractivity contribution >= 4 is 36.2 Å². The molecule has 0 spiro atoms. The van der Waals surface area contributed by atoms with Crippen LogP contribution in [0.1, 0.15) is 17.5 Å². The van der Waals surface area contributed by atoms with Gasteiger partial charge < -0.3 is 24.4 Å². The molecule has 2 unspecified atom stereocenters. The van der Waals surface area contributed by atoms with Gasteiger partial charge in [-0.1, -0.05) is 0 Å². The lowest BCUT2D eigenvalue weighted by Crippen LogP contribution is -2.43. The molecule has 2 heterocycles. The zero-order valence-corrected chi connectivity index (χ0v) is 21.7. The minimum absolute atomic E-state index is 0.0605. The largest absolute Gasteiger partial charge is 0.445 e. The van der Waals surface area contributed by atoms with Crippen LogP contribution in [0, 0.1) is 32.1 Å². The van der Waals surface area contributed by atoms with Crippen LogP contribution >= 0.6 is 12.6 Å². The topological polar surface area (TPSA) is 166 Å². The lowest BCUT2D eigenvalue weighted by Gasteiger charge is -2.31. The summed E-state index contributed by atoms with van der Waals surface area (Å²) in [5.74, 6) is -0.517. The van der Waals surface area contributed by atoms with Gasteiger partial charge in [-0.3, -0.25) is 20.2 Å². The number of aliphatic hydroxyl groups excluding tert-OH is 1. The van der Waals surface area contributed by atoms with Crippen LogP contribution in [0.4, 0.5) is 21.0 Å². The Labute approximate surface area is 229 Å². The Kier molecular flexibility index (Phi) is 8.86. The fraction of sp³-hybridized carbons (Fsp3) is 0.440. The average Bonchev–Trinajstić information content (AvgIpc) is 3.54. The highest BCUT2D eigenvalue weighted by atomic mass is 32.1. The fourth-order valence-electron chi connectivity index (χ4n) is 5.03. The molecule has 1 N–H and O–H groups in total. The number of amides is 2. The number of carbonyl (C=O) groups excluding carboxylic acids is 2. The molecule has 0 aliphatic carbocycles. The number of nitrogens with zero attached hydrogens (tertiary/aromatic N) is 4. The standard InChI is InChI=1S/C25H28N4O9S/c30-13-18-10-26(24(31)37-14-16-1-5-19(6-2-16)28(33)34)12-22(18)23-9-21(39)11-27(23)25(32)38-15-17-3-7-20(8-4-17)29(35)36/h1-8,18,21-23,30,39H,9-15H2/t18?,21-,22?,23-/m0/s1. The third kappa shape index (κ3) is 6.75. The quantitative estimate of drug-likeness (QED) is 0.280. The summed E-state index contributed by atoms with van der Waals surface area (Å²) in [4.78, 5) is 49.4. The molecule has 208 valence electrons. The third-order valence-electron chi connectivity index (χ3n) is 7.05. The Hall–Kier alpha value is -3.91. The summed E-state index contributed by atoms with van der Waals surface area (Å²) < 4.78 is 10.9. The van der Waals surface area contributed by atoms with Crippen LogP contribution in [0.3, 0.4) is 0 Å². The molecule has 2 fully saturated rings. The number of aliphatic hydroxyl groups is 1. The zero-order chi connectivity index (χ0) is 28.1. The second kappa shape index (κ2) is 12.3. The number of carbonyl (C=O) groups is 2. The number of hydrogen-bond donors (Lipinski definition) is 2. The number of ether oxygens (including phenoxy) is 2. The maximum atomic E-state index is 13.0. The summed E-state index contributed by atoms with van der Waals surface area (Å²) in [5.41, 5.74) is 1.07. The van der Waals surface area contributed by atoms with Crippen molar-refractivity contribution in [1.29, 1.82) is 0 Å². The van der Waals surface area contributed by atoms with E-state index in [1.165, 1.54) is 53.4 Å². The number of thiol groups is 1. The summed E-state index contributed by atoms with van der Waals surface area (Å²) in [7, 11) is 0. The third-order valence-corrected chi connectivity index (χ3v) is 7.43. The van der Waals surface area contributed by atoms with Crippen molar-refractivity contribution in [3.8, 4) is 0 Å². The molecule has 0 saturated carbocycles. The maximum Gasteiger partial charge on any atom is 0.410 e. The maximum absolute atomic E-state index is 13.0. The summed E-state index contributed by atoms with van der Waals surface area (Å²) in [5, 5.41) is 31.6. The first-order valence-electron chi connectivity index (χ1n) is 12.3. The molecule has 2 aromatic carbocycles. The molecule has 2 amide bonds. The van der Waals surface area contributed by atoms with Gasteiger partial charge in [0.2, 0.25) is 0 Å². The van der Waals surface area contributed by atoms with E-state index in [0.717, 1.165) is 0 Å². The number of rotatable bonds is 8. The molecular weight excluding hydrogens is 532 g/mol. The van der Waals surface area contributed by atoms with Crippen LogP contribution in [0.5, 0.6) is 0 Å². The number of hydrogen-bond acceptors (Lipinski definition) is 10. The molecule has 0 bridgehead atoms. The Bertz CT molecular complexity index is 1210. The number of benzene rings is 2. The van der Waals surface area contributed by atoms with Gasteiger partial charge in [0.1, 0.15) is 13.2 Å². The number of nitro benzene ring substituents is 2. The van der Waals surface area contributed by atoms with Gasteiger partial charge in [0.05, 0.1) is 9.85 Å². The Morgan fingerprint density at radius 2 is 1.38 bits per heavy atom. The first-order valence-corrected chi connectivity index (χ1v) is 12.8. The fourth-order valence-corrected chi connectivity index (χ4v) is 5.42. The Morgan fingerprint density at radius 1 is 0.872 bits per heavy atom. The second-order valence-electron chi connectivity index (χ2n) is 9.58. The monoisotopic (exact) mass is 560 g/mol. The molecular formula is C25H28N4O9S. The normalized spacial score (nSPS) is 22.5. The highest BCUT2D eigenvalue weighted by Gasteiger charge is 2.47. The molecule has 4 atom stereocenters. The number of nitro groups is 2. The smallest absolute Gasteiger partial charge is 0.410 e. The van der Waals surface area contributed by atoms with Crippen molar-refractivity contribution in [3.05, 3.63) is 79.9 Å². The molecule has 2 aliphatic rings. The van der Waals surface area contributed by atoms with E-state index in [-0.39, 0.29) is 67.4 Å². The van der Waals surface area contributed by atoms with E-state index >= 15 is 0 Å². The molecule has 0 radical (unpaired) electrons.